The molecule has 0 saturated carbocycles. The van der Waals surface area contributed by atoms with E-state index in [0.717, 1.165) is 6.54 Å². The fourth-order valence-corrected chi connectivity index (χ4v) is 2.51. The van der Waals surface area contributed by atoms with Crippen molar-refractivity contribution in [2.24, 2.45) is 0 Å². The third-order valence-corrected chi connectivity index (χ3v) is 3.35. The number of carbonyl (C=O) groups is 1. The van der Waals surface area contributed by atoms with Crippen molar-refractivity contribution >= 4 is 17.3 Å². The summed E-state index contributed by atoms with van der Waals surface area (Å²) >= 11 is 1.67. The van der Waals surface area contributed by atoms with E-state index in [1.807, 2.05) is 12.4 Å². The molecule has 0 radical (unpaired) electrons. The van der Waals surface area contributed by atoms with E-state index in [2.05, 4.69) is 16.3 Å². The lowest BCUT2D eigenvalue weighted by atomic mass is 10.2. The molecule has 0 saturated heterocycles. The second-order valence-electron chi connectivity index (χ2n) is 4.33. The lowest BCUT2D eigenvalue weighted by molar-refractivity contribution is 0.0657. The molecule has 0 aliphatic heterocycles. The minimum absolute atomic E-state index is 0.0360. The van der Waals surface area contributed by atoms with Crippen LogP contribution >= 0.6 is 11.3 Å². The van der Waals surface area contributed by atoms with Crippen LogP contribution in [0.1, 0.15) is 27.4 Å². The van der Waals surface area contributed by atoms with Crippen molar-refractivity contribution in [3.8, 4) is 0 Å². The average molecular weight is 265 g/mol. The number of aryl methyl sites for hydroxylation is 1. The first-order valence-electron chi connectivity index (χ1n) is 5.58. The van der Waals surface area contributed by atoms with Crippen LogP contribution in [0.4, 0.5) is 0 Å². The molecular formula is C13H15NO3S. The normalized spacial score (nSPS) is 11.1. The van der Waals surface area contributed by atoms with Crippen LogP contribution in [0.25, 0.3) is 0 Å². The number of carboxylic acid groups (broad SMARTS) is 1. The van der Waals surface area contributed by atoms with Crippen molar-refractivity contribution in [1.29, 1.82) is 0 Å². The number of thiophene rings is 1. The quantitative estimate of drug-likeness (QED) is 0.903. The molecule has 0 unspecified atom stereocenters. The van der Waals surface area contributed by atoms with E-state index in [-0.39, 0.29) is 5.76 Å². The van der Waals surface area contributed by atoms with Gasteiger partial charge in [0.25, 0.3) is 0 Å². The Morgan fingerprint density at radius 2 is 2.28 bits per heavy atom. The Kier molecular flexibility index (Phi) is 3.84. The Morgan fingerprint density at radius 1 is 1.50 bits per heavy atom. The van der Waals surface area contributed by atoms with Crippen molar-refractivity contribution in [2.75, 3.05) is 7.05 Å². The molecule has 0 fully saturated rings. The Hall–Kier alpha value is -1.59. The molecule has 0 aromatic carbocycles. The van der Waals surface area contributed by atoms with Gasteiger partial charge in [0, 0.05) is 12.1 Å². The summed E-state index contributed by atoms with van der Waals surface area (Å²) in [4.78, 5) is 13.0. The second-order valence-corrected chi connectivity index (χ2v) is 5.11. The molecule has 5 heteroatoms. The van der Waals surface area contributed by atoms with E-state index in [4.69, 9.17) is 9.52 Å². The van der Waals surface area contributed by atoms with Gasteiger partial charge in [0.15, 0.2) is 0 Å². The van der Waals surface area contributed by atoms with Crippen molar-refractivity contribution in [3.63, 3.8) is 0 Å². The van der Waals surface area contributed by atoms with Gasteiger partial charge in [-0.15, -0.1) is 0 Å². The maximum absolute atomic E-state index is 10.9. The number of hydrogen-bond acceptors (Lipinski definition) is 4. The monoisotopic (exact) mass is 265 g/mol. The Bertz CT molecular complexity index is 530. The van der Waals surface area contributed by atoms with Crippen molar-refractivity contribution in [3.05, 3.63) is 45.5 Å². The van der Waals surface area contributed by atoms with Gasteiger partial charge in [0.05, 0.1) is 6.54 Å². The van der Waals surface area contributed by atoms with E-state index >= 15 is 0 Å². The van der Waals surface area contributed by atoms with E-state index in [9.17, 15) is 4.79 Å². The third kappa shape index (κ3) is 3.00. The third-order valence-electron chi connectivity index (χ3n) is 2.62. The van der Waals surface area contributed by atoms with E-state index in [1.165, 1.54) is 5.56 Å². The molecule has 0 bridgehead atoms. The summed E-state index contributed by atoms with van der Waals surface area (Å²) in [6.07, 6.45) is 0. The Balaban J connectivity index is 2.01. The molecule has 4 nitrogen and oxygen atoms in total. The van der Waals surface area contributed by atoms with Gasteiger partial charge in [-0.3, -0.25) is 4.90 Å². The average Bonchev–Trinajstić information content (AvgIpc) is 2.88. The highest BCUT2D eigenvalue weighted by Crippen LogP contribution is 2.17. The first kappa shape index (κ1) is 12.9. The molecule has 0 aliphatic carbocycles. The van der Waals surface area contributed by atoms with Crippen LogP contribution in [0.2, 0.25) is 0 Å². The van der Waals surface area contributed by atoms with Gasteiger partial charge >= 0.3 is 5.97 Å². The van der Waals surface area contributed by atoms with Crippen molar-refractivity contribution < 1.29 is 14.3 Å². The minimum atomic E-state index is -1.01. The molecule has 2 rings (SSSR count). The zero-order chi connectivity index (χ0) is 13.1. The van der Waals surface area contributed by atoms with Gasteiger partial charge < -0.3 is 9.52 Å². The Morgan fingerprint density at radius 3 is 2.83 bits per heavy atom. The second kappa shape index (κ2) is 5.37. The largest absolute Gasteiger partial charge is 0.475 e. The molecule has 2 aromatic heterocycles. The molecule has 2 heterocycles. The molecule has 1 N–H and O–H groups in total. The number of carboxylic acids is 1. The number of furan rings is 1. The number of rotatable bonds is 5. The van der Waals surface area contributed by atoms with Gasteiger partial charge in [-0.25, -0.2) is 4.79 Å². The summed E-state index contributed by atoms with van der Waals surface area (Å²) < 4.78 is 5.33. The van der Waals surface area contributed by atoms with E-state index in [1.54, 1.807) is 24.3 Å². The zero-order valence-corrected chi connectivity index (χ0v) is 11.2. The molecule has 2 aromatic rings. The summed E-state index contributed by atoms with van der Waals surface area (Å²) in [6, 6.07) is 3.87. The molecule has 0 atom stereocenters. The standard InChI is InChI=1S/C13H15NO3S/c1-9-5-11(17-12(9)13(15)16)7-14(2)6-10-3-4-18-8-10/h3-5,8H,6-7H2,1-2H3,(H,15,16). The summed E-state index contributed by atoms with van der Waals surface area (Å²) in [5.74, 6) is -0.296. The SMILES string of the molecule is Cc1cc(CN(C)Cc2ccsc2)oc1C(=O)O. The van der Waals surface area contributed by atoms with E-state index < -0.39 is 5.97 Å². The molecule has 18 heavy (non-hydrogen) atoms. The van der Waals surface area contributed by atoms with Crippen LogP contribution < -0.4 is 0 Å². The minimum Gasteiger partial charge on any atom is -0.475 e. The lowest BCUT2D eigenvalue weighted by Crippen LogP contribution is -2.16. The van der Waals surface area contributed by atoms with Crippen LogP contribution in [0.5, 0.6) is 0 Å². The maximum atomic E-state index is 10.9. The Labute approximate surface area is 109 Å². The molecule has 96 valence electrons. The predicted molar refractivity (Wildman–Crippen MR) is 69.9 cm³/mol. The molecular weight excluding hydrogens is 250 g/mol. The highest BCUT2D eigenvalue weighted by atomic mass is 32.1. The molecule has 0 aliphatic rings. The fraction of sp³-hybridized carbons (Fsp3) is 0.308. The summed E-state index contributed by atoms with van der Waals surface area (Å²) in [6.45, 7) is 3.17. The van der Waals surface area contributed by atoms with Gasteiger partial charge in [0.1, 0.15) is 5.76 Å². The van der Waals surface area contributed by atoms with Crippen LogP contribution in [0.15, 0.2) is 27.3 Å². The highest BCUT2D eigenvalue weighted by Gasteiger charge is 2.15. The maximum Gasteiger partial charge on any atom is 0.372 e. The molecule has 0 amide bonds. The van der Waals surface area contributed by atoms with Crippen LogP contribution in [0, 0.1) is 6.92 Å². The van der Waals surface area contributed by atoms with Gasteiger partial charge in [0.2, 0.25) is 5.76 Å². The smallest absolute Gasteiger partial charge is 0.372 e. The first-order valence-corrected chi connectivity index (χ1v) is 6.53. The van der Waals surface area contributed by atoms with Crippen molar-refractivity contribution in [1.82, 2.24) is 4.90 Å². The van der Waals surface area contributed by atoms with Gasteiger partial charge in [-0.2, -0.15) is 11.3 Å². The number of aromatic carboxylic acids is 1. The summed E-state index contributed by atoms with van der Waals surface area (Å²) in [5.41, 5.74) is 1.92. The zero-order valence-electron chi connectivity index (χ0n) is 10.3. The van der Waals surface area contributed by atoms with Crippen LogP contribution in [-0.4, -0.2) is 23.0 Å². The number of hydrogen-bond donors (Lipinski definition) is 1. The lowest BCUT2D eigenvalue weighted by Gasteiger charge is -2.13. The van der Waals surface area contributed by atoms with Crippen LogP contribution in [-0.2, 0) is 13.1 Å². The van der Waals surface area contributed by atoms with Crippen LogP contribution in [0.3, 0.4) is 0 Å². The molecule has 0 spiro atoms. The topological polar surface area (TPSA) is 53.7 Å². The van der Waals surface area contributed by atoms with E-state index in [0.29, 0.717) is 17.9 Å². The predicted octanol–water partition coefficient (Wildman–Crippen LogP) is 2.98. The summed E-state index contributed by atoms with van der Waals surface area (Å²) in [5, 5.41) is 13.1. The fourth-order valence-electron chi connectivity index (χ4n) is 1.85. The van der Waals surface area contributed by atoms with Crippen molar-refractivity contribution in [2.45, 2.75) is 20.0 Å². The number of nitrogens with zero attached hydrogens (tertiary/aromatic N) is 1. The first-order chi connectivity index (χ1) is 8.56. The highest BCUT2D eigenvalue weighted by molar-refractivity contribution is 7.07. The van der Waals surface area contributed by atoms with Gasteiger partial charge in [-0.05, 0) is 42.4 Å². The van der Waals surface area contributed by atoms with Gasteiger partial charge in [-0.1, -0.05) is 0 Å². The summed E-state index contributed by atoms with van der Waals surface area (Å²) in [7, 11) is 1.98.